The minimum absolute atomic E-state index is 0.0582. The Labute approximate surface area is 497 Å². The molecule has 456 valence electrons. The smallest absolute Gasteiger partial charge is 0.252 e. The Morgan fingerprint density at radius 3 is 1.16 bits per heavy atom. The Morgan fingerprint density at radius 2 is 0.859 bits per heavy atom. The van der Waals surface area contributed by atoms with Crippen LogP contribution in [0.2, 0.25) is 0 Å². The molecule has 0 bridgehead atoms. The van der Waals surface area contributed by atoms with Crippen molar-refractivity contribution in [3.63, 3.8) is 0 Å². The summed E-state index contributed by atoms with van der Waals surface area (Å²) in [7, 11) is 3.50. The Morgan fingerprint density at radius 1 is 0.494 bits per heavy atom. The lowest BCUT2D eigenvalue weighted by atomic mass is 9.93. The van der Waals surface area contributed by atoms with Crippen LogP contribution in [0.3, 0.4) is 0 Å². The van der Waals surface area contributed by atoms with E-state index >= 15 is 0 Å². The van der Waals surface area contributed by atoms with Crippen molar-refractivity contribution in [3.05, 3.63) is 144 Å². The number of methoxy groups -OCH3 is 1. The lowest BCUT2D eigenvalue weighted by molar-refractivity contribution is 0.122. The monoisotopic (exact) mass is 1170 g/mol. The van der Waals surface area contributed by atoms with Gasteiger partial charge < -0.3 is 39.0 Å². The molecule has 85 heavy (non-hydrogen) atoms. The van der Waals surface area contributed by atoms with Gasteiger partial charge in [-0.3, -0.25) is 49.0 Å². The summed E-state index contributed by atoms with van der Waals surface area (Å²) in [5.41, 5.74) is 7.42. The van der Waals surface area contributed by atoms with Gasteiger partial charge in [-0.15, -0.1) is 0 Å². The lowest BCUT2D eigenvalue weighted by Crippen LogP contribution is -2.39. The SMILES string of the molecule is CCCc1ccc(CN2CCC(c3cc(=O)[nH]c(N4CCOCC4)n3)CC2)cn1.CNc1ccc(CN2CCC(c3cc(=O)[nH]c(N4CCOCC4)n3)CC2)cn1.COc1ccc(CN2CCC(c3cc(=O)[nH]c(N4CCOCC4)n3)CC2)cn1. The molecule has 6 fully saturated rings. The molecular weight excluding hydrogens is 1080 g/mol. The van der Waals surface area contributed by atoms with Gasteiger partial charge in [-0.1, -0.05) is 31.5 Å². The van der Waals surface area contributed by atoms with Crippen LogP contribution >= 0.6 is 0 Å². The predicted molar refractivity (Wildman–Crippen MR) is 328 cm³/mol. The zero-order valence-electron chi connectivity index (χ0n) is 49.9. The molecule has 0 aliphatic carbocycles. The molecular formula is C62H86N16O7. The highest BCUT2D eigenvalue weighted by atomic mass is 16.5. The minimum Gasteiger partial charge on any atom is -0.481 e. The van der Waals surface area contributed by atoms with Crippen molar-refractivity contribution in [2.75, 3.05) is 152 Å². The summed E-state index contributed by atoms with van der Waals surface area (Å²) < 4.78 is 21.3. The van der Waals surface area contributed by atoms with Crippen molar-refractivity contribution in [3.8, 4) is 5.88 Å². The van der Waals surface area contributed by atoms with E-state index < -0.39 is 0 Å². The first kappa shape index (κ1) is 61.0. The lowest BCUT2D eigenvalue weighted by Gasteiger charge is -2.32. The van der Waals surface area contributed by atoms with E-state index in [9.17, 15) is 14.4 Å². The molecule has 6 aromatic heterocycles. The molecule has 12 rings (SSSR count). The summed E-state index contributed by atoms with van der Waals surface area (Å²) in [5.74, 6) is 4.59. The number of aromatic amines is 3. The summed E-state index contributed by atoms with van der Waals surface area (Å²) >= 11 is 0. The predicted octanol–water partition coefficient (Wildman–Crippen LogP) is 5.15. The second kappa shape index (κ2) is 30.8. The highest BCUT2D eigenvalue weighted by Crippen LogP contribution is 2.31. The van der Waals surface area contributed by atoms with Crippen molar-refractivity contribution in [2.24, 2.45) is 0 Å². The summed E-state index contributed by atoms with van der Waals surface area (Å²) in [5, 5.41) is 3.04. The van der Waals surface area contributed by atoms with Gasteiger partial charge in [-0.2, -0.15) is 0 Å². The van der Waals surface area contributed by atoms with Crippen LogP contribution in [0.15, 0.2) is 87.6 Å². The molecule has 0 radical (unpaired) electrons. The van der Waals surface area contributed by atoms with E-state index in [-0.39, 0.29) is 16.7 Å². The number of piperidine rings is 3. The molecule has 6 aliphatic rings. The molecule has 6 aromatic rings. The van der Waals surface area contributed by atoms with Crippen LogP contribution in [-0.4, -0.2) is 192 Å². The van der Waals surface area contributed by atoms with Gasteiger partial charge in [0.05, 0.1) is 63.8 Å². The molecule has 0 atom stereocenters. The third-order valence-electron chi connectivity index (χ3n) is 16.9. The molecule has 6 saturated heterocycles. The number of likely N-dealkylation sites (tertiary alicyclic amines) is 3. The molecule has 0 saturated carbocycles. The molecule has 0 unspecified atom stereocenters. The molecule has 0 amide bonds. The van der Waals surface area contributed by atoms with E-state index in [0.29, 0.717) is 81.1 Å². The molecule has 4 N–H and O–H groups in total. The van der Waals surface area contributed by atoms with Crippen molar-refractivity contribution < 1.29 is 18.9 Å². The van der Waals surface area contributed by atoms with Crippen LogP contribution in [0.1, 0.15) is 109 Å². The fourth-order valence-electron chi connectivity index (χ4n) is 12.0. The Balaban J connectivity index is 0.000000142. The topological polar surface area (TPSA) is 244 Å². The van der Waals surface area contributed by atoms with Gasteiger partial charge in [0.1, 0.15) is 5.82 Å². The van der Waals surface area contributed by atoms with Crippen molar-refractivity contribution in [2.45, 2.75) is 95.7 Å². The summed E-state index contributed by atoms with van der Waals surface area (Å²) in [4.78, 5) is 86.5. The number of hydrogen-bond acceptors (Lipinski definition) is 20. The van der Waals surface area contributed by atoms with Gasteiger partial charge in [0, 0.05) is 132 Å². The zero-order valence-corrected chi connectivity index (χ0v) is 49.9. The number of aryl methyl sites for hydroxylation is 1. The van der Waals surface area contributed by atoms with Gasteiger partial charge in [0.15, 0.2) is 0 Å². The largest absolute Gasteiger partial charge is 0.481 e. The van der Waals surface area contributed by atoms with Crippen molar-refractivity contribution in [1.82, 2.24) is 59.6 Å². The molecule has 0 spiro atoms. The van der Waals surface area contributed by atoms with Crippen LogP contribution in [0.25, 0.3) is 0 Å². The maximum atomic E-state index is 12.2. The second-order valence-electron chi connectivity index (χ2n) is 22.8. The molecule has 23 heteroatoms. The molecule has 23 nitrogen and oxygen atoms in total. The number of nitrogens with one attached hydrogen (secondary N) is 4. The van der Waals surface area contributed by atoms with Crippen LogP contribution in [0.5, 0.6) is 5.88 Å². The Hall–Kier alpha value is -7.15. The van der Waals surface area contributed by atoms with Crippen LogP contribution in [0.4, 0.5) is 23.7 Å². The third kappa shape index (κ3) is 17.7. The maximum Gasteiger partial charge on any atom is 0.252 e. The average molecular weight is 1170 g/mol. The standard InChI is InChI=1S/C22H31N5O2.C20H28N6O2.C20H27N5O3/c1-2-3-19-5-4-17(15-23-19)16-26-8-6-18(7-9-26)20-14-21(28)25-22(24-20)27-10-12-29-13-11-27;1-21-18-3-2-15(13-22-18)14-25-6-4-16(5-7-25)17-12-19(27)24-20(23-17)26-8-10-28-11-9-26;1-27-19-3-2-15(13-21-19)14-24-6-4-16(5-7-24)17-12-18(26)23-20(22-17)25-8-10-28-11-9-25/h4-5,14-15,18H,2-3,6-13,16H2,1H3,(H,24,25,28);2-3,12-13,16H,4-11,14H2,1H3,(H,21,22)(H,23,24,27);2-3,12-13,16H,4-11,14H2,1H3,(H,22,23,26). The fourth-order valence-corrected chi connectivity index (χ4v) is 12.0. The van der Waals surface area contributed by atoms with E-state index in [0.717, 1.165) is 172 Å². The quantitative estimate of drug-likeness (QED) is 0.0980. The van der Waals surface area contributed by atoms with Crippen LogP contribution in [0, 0.1) is 0 Å². The number of pyridine rings is 3. The fraction of sp³-hybridized carbons (Fsp3) is 0.565. The van der Waals surface area contributed by atoms with E-state index in [2.05, 4.69) is 95.8 Å². The number of rotatable bonds is 16. The van der Waals surface area contributed by atoms with Gasteiger partial charge in [0.2, 0.25) is 23.7 Å². The number of aromatic nitrogens is 9. The van der Waals surface area contributed by atoms with Gasteiger partial charge in [0.25, 0.3) is 16.7 Å². The van der Waals surface area contributed by atoms with E-state index in [4.69, 9.17) is 33.9 Å². The van der Waals surface area contributed by atoms with Crippen LogP contribution in [-0.2, 0) is 40.3 Å². The zero-order chi connectivity index (χ0) is 58.7. The highest BCUT2D eigenvalue weighted by Gasteiger charge is 2.27. The minimum atomic E-state index is -0.0711. The summed E-state index contributed by atoms with van der Waals surface area (Å²) in [6.45, 7) is 19.6. The first-order valence-corrected chi connectivity index (χ1v) is 30.7. The molecule has 0 aromatic carbocycles. The second-order valence-corrected chi connectivity index (χ2v) is 22.8. The molecule has 6 aliphatic heterocycles. The van der Waals surface area contributed by atoms with Gasteiger partial charge >= 0.3 is 0 Å². The van der Waals surface area contributed by atoms with Gasteiger partial charge in [-0.05, 0) is 113 Å². The van der Waals surface area contributed by atoms with E-state index in [1.54, 1.807) is 25.3 Å². The first-order chi connectivity index (χ1) is 41.6. The average Bonchev–Trinajstić information content (AvgIpc) is 3.59. The number of hydrogen-bond donors (Lipinski definition) is 4. The van der Waals surface area contributed by atoms with Gasteiger partial charge in [-0.25, -0.2) is 24.9 Å². The molecule has 12 heterocycles. The number of nitrogens with zero attached hydrogens (tertiary/aromatic N) is 12. The normalized spacial score (nSPS) is 18.9. The first-order valence-electron chi connectivity index (χ1n) is 30.7. The summed E-state index contributed by atoms with van der Waals surface area (Å²) in [6.07, 6.45) is 14.1. The van der Waals surface area contributed by atoms with E-state index in [1.807, 2.05) is 37.8 Å². The number of morpholine rings is 3. The number of H-pyrrole nitrogens is 3. The van der Waals surface area contributed by atoms with Crippen molar-refractivity contribution >= 4 is 23.7 Å². The third-order valence-corrected chi connectivity index (χ3v) is 16.9. The number of ether oxygens (including phenoxy) is 4. The van der Waals surface area contributed by atoms with E-state index in [1.165, 1.54) is 22.4 Å². The Bertz CT molecular complexity index is 3020. The highest BCUT2D eigenvalue weighted by molar-refractivity contribution is 5.36. The van der Waals surface area contributed by atoms with Crippen molar-refractivity contribution in [1.29, 1.82) is 0 Å². The Kier molecular flexibility index (Phi) is 22.1. The number of anilines is 4. The maximum absolute atomic E-state index is 12.2. The summed E-state index contributed by atoms with van der Waals surface area (Å²) in [6, 6.07) is 17.5. The van der Waals surface area contributed by atoms with Crippen LogP contribution < -0.4 is 41.4 Å².